The quantitative estimate of drug-likeness (QED) is 0.696. The fourth-order valence-electron chi connectivity index (χ4n) is 1.63. The number of hydrogen-bond donors (Lipinski definition) is 0. The lowest BCUT2D eigenvalue weighted by atomic mass is 10.2. The normalized spacial score (nSPS) is 10.5. The van der Waals surface area contributed by atoms with E-state index in [-0.39, 0.29) is 0 Å². The van der Waals surface area contributed by atoms with Crippen LogP contribution >= 0.6 is 11.6 Å². The Balaban J connectivity index is 2.71. The zero-order chi connectivity index (χ0) is 10.8. The molecular formula is C11H10ClNO2. The van der Waals surface area contributed by atoms with Crippen LogP contribution in [0.5, 0.6) is 0 Å². The molecule has 78 valence electrons. The van der Waals surface area contributed by atoms with Crippen molar-refractivity contribution in [1.29, 1.82) is 0 Å². The van der Waals surface area contributed by atoms with Crippen molar-refractivity contribution in [2.24, 2.45) is 0 Å². The van der Waals surface area contributed by atoms with Crippen LogP contribution in [0.25, 0.3) is 10.9 Å². The molecular weight excluding hydrogens is 214 g/mol. The lowest BCUT2D eigenvalue weighted by Gasteiger charge is -2.05. The number of rotatable bonds is 1. The third kappa shape index (κ3) is 1.59. The fraction of sp³-hybridized carbons (Fsp3) is 0.182. The van der Waals surface area contributed by atoms with E-state index < -0.39 is 6.09 Å². The van der Waals surface area contributed by atoms with Gasteiger partial charge in [-0.3, -0.25) is 4.57 Å². The minimum absolute atomic E-state index is 0.373. The third-order valence-corrected chi connectivity index (χ3v) is 2.60. The van der Waals surface area contributed by atoms with Gasteiger partial charge in [0.05, 0.1) is 12.6 Å². The Kier molecular flexibility index (Phi) is 2.64. The number of benzene rings is 1. The summed E-state index contributed by atoms with van der Waals surface area (Å²) in [6, 6.07) is 7.61. The average molecular weight is 224 g/mol. The van der Waals surface area contributed by atoms with E-state index in [2.05, 4.69) is 4.74 Å². The van der Waals surface area contributed by atoms with Gasteiger partial charge in [0.2, 0.25) is 0 Å². The summed E-state index contributed by atoms with van der Waals surface area (Å²) in [5, 5.41) is 0.985. The number of hydrogen-bond acceptors (Lipinski definition) is 2. The van der Waals surface area contributed by atoms with Crippen LogP contribution in [-0.2, 0) is 10.6 Å². The molecule has 0 bridgehead atoms. The number of alkyl halides is 1. The van der Waals surface area contributed by atoms with Crippen LogP contribution in [0.15, 0.2) is 30.5 Å². The van der Waals surface area contributed by atoms with Crippen LogP contribution in [0.1, 0.15) is 5.56 Å². The molecule has 1 aromatic heterocycles. The number of nitrogens with zero attached hydrogens (tertiary/aromatic N) is 1. The molecule has 1 heterocycles. The number of methoxy groups -OCH3 is 1. The van der Waals surface area contributed by atoms with Crippen molar-refractivity contribution in [3.8, 4) is 0 Å². The molecule has 0 atom stereocenters. The molecule has 2 aromatic rings. The standard InChI is InChI=1S/C11H10ClNO2/c1-15-11(14)13-6-5-8-3-2-4-9(7-12)10(8)13/h2-6H,7H2,1H3. The molecule has 4 heteroatoms. The first-order chi connectivity index (χ1) is 7.27. The van der Waals surface area contributed by atoms with Crippen molar-refractivity contribution in [2.45, 2.75) is 5.88 Å². The number of fused-ring (bicyclic) bond motifs is 1. The second-order valence-electron chi connectivity index (χ2n) is 3.14. The van der Waals surface area contributed by atoms with E-state index in [0.29, 0.717) is 5.88 Å². The van der Waals surface area contributed by atoms with E-state index in [9.17, 15) is 4.79 Å². The SMILES string of the molecule is COC(=O)n1ccc2cccc(CCl)c21. The van der Waals surface area contributed by atoms with E-state index in [1.54, 1.807) is 6.20 Å². The fourth-order valence-corrected chi connectivity index (χ4v) is 1.84. The molecule has 0 saturated carbocycles. The first kappa shape index (κ1) is 10.1. The number of halogens is 1. The maximum atomic E-state index is 11.5. The van der Waals surface area contributed by atoms with Crippen molar-refractivity contribution in [2.75, 3.05) is 7.11 Å². The number of carbonyl (C=O) groups is 1. The molecule has 0 unspecified atom stereocenters. The molecule has 3 nitrogen and oxygen atoms in total. The second-order valence-corrected chi connectivity index (χ2v) is 3.41. The molecule has 2 rings (SSSR count). The lowest BCUT2D eigenvalue weighted by Crippen LogP contribution is -2.10. The predicted molar refractivity (Wildman–Crippen MR) is 59.3 cm³/mol. The Morgan fingerprint density at radius 1 is 1.47 bits per heavy atom. The Bertz CT molecular complexity index is 504. The van der Waals surface area contributed by atoms with Crippen LogP contribution < -0.4 is 0 Å². The zero-order valence-corrected chi connectivity index (χ0v) is 8.99. The topological polar surface area (TPSA) is 31.2 Å². The van der Waals surface area contributed by atoms with E-state index in [1.165, 1.54) is 11.7 Å². The van der Waals surface area contributed by atoms with Crippen molar-refractivity contribution in [1.82, 2.24) is 4.57 Å². The Labute approximate surface area is 92.2 Å². The summed E-state index contributed by atoms with van der Waals surface area (Å²) in [6.07, 6.45) is 1.29. The van der Waals surface area contributed by atoms with Crippen molar-refractivity contribution in [3.63, 3.8) is 0 Å². The van der Waals surface area contributed by atoms with Crippen LogP contribution in [0, 0.1) is 0 Å². The maximum Gasteiger partial charge on any atom is 0.418 e. The van der Waals surface area contributed by atoms with Gasteiger partial charge in [-0.15, -0.1) is 11.6 Å². The highest BCUT2D eigenvalue weighted by Gasteiger charge is 2.11. The number of ether oxygens (including phenoxy) is 1. The molecule has 15 heavy (non-hydrogen) atoms. The zero-order valence-electron chi connectivity index (χ0n) is 8.24. The molecule has 0 spiro atoms. The smallest absolute Gasteiger partial charge is 0.418 e. The molecule has 1 aromatic carbocycles. The summed E-state index contributed by atoms with van der Waals surface area (Å²) >= 11 is 5.82. The lowest BCUT2D eigenvalue weighted by molar-refractivity contribution is 0.174. The molecule has 0 aliphatic carbocycles. The summed E-state index contributed by atoms with van der Waals surface area (Å²) in [6.45, 7) is 0. The summed E-state index contributed by atoms with van der Waals surface area (Å²) in [7, 11) is 1.36. The summed E-state index contributed by atoms with van der Waals surface area (Å²) in [5.41, 5.74) is 1.74. The van der Waals surface area contributed by atoms with Crippen molar-refractivity contribution >= 4 is 28.6 Å². The van der Waals surface area contributed by atoms with Crippen LogP contribution in [0.3, 0.4) is 0 Å². The van der Waals surface area contributed by atoms with E-state index >= 15 is 0 Å². The van der Waals surface area contributed by atoms with Gasteiger partial charge in [-0.25, -0.2) is 4.79 Å². The van der Waals surface area contributed by atoms with Gasteiger partial charge in [0.1, 0.15) is 0 Å². The second kappa shape index (κ2) is 3.95. The van der Waals surface area contributed by atoms with E-state index in [4.69, 9.17) is 11.6 Å². The van der Waals surface area contributed by atoms with Crippen LogP contribution in [0.4, 0.5) is 4.79 Å². The Morgan fingerprint density at radius 2 is 2.27 bits per heavy atom. The highest BCUT2D eigenvalue weighted by atomic mass is 35.5. The molecule has 0 N–H and O–H groups in total. The summed E-state index contributed by atoms with van der Waals surface area (Å²) in [4.78, 5) is 11.5. The van der Waals surface area contributed by atoms with Gasteiger partial charge in [-0.1, -0.05) is 18.2 Å². The van der Waals surface area contributed by atoms with Crippen LogP contribution in [0.2, 0.25) is 0 Å². The van der Waals surface area contributed by atoms with Gasteiger partial charge in [0.25, 0.3) is 0 Å². The molecule has 0 fully saturated rings. The number of aromatic nitrogens is 1. The molecule has 0 saturated heterocycles. The minimum atomic E-state index is -0.400. The highest BCUT2D eigenvalue weighted by Crippen LogP contribution is 2.21. The van der Waals surface area contributed by atoms with Gasteiger partial charge in [0.15, 0.2) is 0 Å². The number of para-hydroxylation sites is 1. The van der Waals surface area contributed by atoms with Gasteiger partial charge in [-0.05, 0) is 11.6 Å². The number of carbonyl (C=O) groups excluding carboxylic acids is 1. The maximum absolute atomic E-state index is 11.5. The van der Waals surface area contributed by atoms with Gasteiger partial charge < -0.3 is 4.74 Å². The summed E-state index contributed by atoms with van der Waals surface area (Å²) in [5.74, 6) is 0.373. The predicted octanol–water partition coefficient (Wildman–Crippen LogP) is 2.99. The van der Waals surface area contributed by atoms with Crippen molar-refractivity contribution in [3.05, 3.63) is 36.0 Å². The average Bonchev–Trinajstić information content (AvgIpc) is 2.71. The third-order valence-electron chi connectivity index (χ3n) is 2.31. The monoisotopic (exact) mass is 223 g/mol. The molecule has 0 aliphatic heterocycles. The van der Waals surface area contributed by atoms with Crippen molar-refractivity contribution < 1.29 is 9.53 Å². The summed E-state index contributed by atoms with van der Waals surface area (Å²) < 4.78 is 6.15. The molecule has 0 radical (unpaired) electrons. The Hall–Kier alpha value is -1.48. The Morgan fingerprint density at radius 3 is 2.93 bits per heavy atom. The molecule has 0 amide bonds. The van der Waals surface area contributed by atoms with Gasteiger partial charge in [0, 0.05) is 17.5 Å². The van der Waals surface area contributed by atoms with Gasteiger partial charge >= 0.3 is 6.09 Å². The van der Waals surface area contributed by atoms with E-state index in [0.717, 1.165) is 16.5 Å². The van der Waals surface area contributed by atoms with E-state index in [1.807, 2.05) is 24.3 Å². The van der Waals surface area contributed by atoms with Gasteiger partial charge in [-0.2, -0.15) is 0 Å². The largest absolute Gasteiger partial charge is 0.452 e. The first-order valence-electron chi connectivity index (χ1n) is 4.51. The first-order valence-corrected chi connectivity index (χ1v) is 5.04. The minimum Gasteiger partial charge on any atom is -0.452 e. The van der Waals surface area contributed by atoms with Crippen LogP contribution in [-0.4, -0.2) is 17.8 Å². The molecule has 0 aliphatic rings. The highest BCUT2D eigenvalue weighted by molar-refractivity contribution is 6.18.